The molecule has 21 heavy (non-hydrogen) atoms. The molecule has 0 unspecified atom stereocenters. The third kappa shape index (κ3) is 4.89. The second-order valence-corrected chi connectivity index (χ2v) is 6.76. The monoisotopic (exact) mass is 355 g/mol. The van der Waals surface area contributed by atoms with Crippen LogP contribution in [-0.4, -0.2) is 22.3 Å². The lowest BCUT2D eigenvalue weighted by Crippen LogP contribution is -2.36. The van der Waals surface area contributed by atoms with Crippen molar-refractivity contribution in [3.05, 3.63) is 34.4 Å². The number of rotatable bonds is 5. The van der Waals surface area contributed by atoms with Gasteiger partial charge in [-0.2, -0.15) is 0 Å². The van der Waals surface area contributed by atoms with Crippen LogP contribution in [0.1, 0.15) is 33.1 Å². The molecule has 114 valence electrons. The number of benzene rings is 1. The fourth-order valence-corrected chi connectivity index (χ4v) is 2.05. The highest BCUT2D eigenvalue weighted by Gasteiger charge is 2.11. The van der Waals surface area contributed by atoms with Crippen LogP contribution in [0.4, 0.5) is 4.39 Å². The average Bonchev–Trinajstić information content (AvgIpc) is 2.86. The predicted octanol–water partition coefficient (Wildman–Crippen LogP) is 3.96. The van der Waals surface area contributed by atoms with Gasteiger partial charge >= 0.3 is 0 Å². The molecule has 0 aliphatic heterocycles. The first-order valence-electron chi connectivity index (χ1n) is 6.88. The van der Waals surface area contributed by atoms with Gasteiger partial charge in [0, 0.05) is 17.5 Å². The highest BCUT2D eigenvalue weighted by atomic mass is 79.9. The second kappa shape index (κ2) is 6.66. The number of aryl methyl sites for hydroxylation is 1. The predicted molar refractivity (Wildman–Crippen MR) is 83.5 cm³/mol. The smallest absolute Gasteiger partial charge is 0.247 e. The topological polar surface area (TPSA) is 51.0 Å². The fraction of sp³-hybridized carbons (Fsp3) is 0.467. The maximum absolute atomic E-state index is 13.5. The molecule has 0 amide bonds. The van der Waals surface area contributed by atoms with E-state index >= 15 is 0 Å². The van der Waals surface area contributed by atoms with Gasteiger partial charge in [-0.15, -0.1) is 10.2 Å². The van der Waals surface area contributed by atoms with Crippen LogP contribution in [-0.2, 0) is 6.42 Å². The van der Waals surface area contributed by atoms with Crippen molar-refractivity contribution in [3.63, 3.8) is 0 Å². The number of halogens is 2. The first-order chi connectivity index (χ1) is 9.85. The quantitative estimate of drug-likeness (QED) is 0.824. The van der Waals surface area contributed by atoms with Crippen LogP contribution in [0.2, 0.25) is 0 Å². The molecule has 0 atom stereocenters. The summed E-state index contributed by atoms with van der Waals surface area (Å²) in [5.74, 6) is 0.575. The van der Waals surface area contributed by atoms with Gasteiger partial charge in [0.2, 0.25) is 11.8 Å². The van der Waals surface area contributed by atoms with Crippen molar-refractivity contribution in [1.82, 2.24) is 15.5 Å². The third-order valence-corrected chi connectivity index (χ3v) is 3.50. The normalized spacial score (nSPS) is 11.9. The minimum Gasteiger partial charge on any atom is -0.421 e. The zero-order chi connectivity index (χ0) is 15.5. The van der Waals surface area contributed by atoms with E-state index < -0.39 is 0 Å². The Morgan fingerprint density at radius 3 is 2.71 bits per heavy atom. The Morgan fingerprint density at radius 2 is 2.05 bits per heavy atom. The largest absolute Gasteiger partial charge is 0.421 e. The van der Waals surface area contributed by atoms with E-state index in [1.165, 1.54) is 6.07 Å². The van der Waals surface area contributed by atoms with Crippen molar-refractivity contribution in [2.75, 3.05) is 6.54 Å². The van der Waals surface area contributed by atoms with E-state index in [-0.39, 0.29) is 11.4 Å². The van der Waals surface area contributed by atoms with Crippen molar-refractivity contribution < 1.29 is 8.81 Å². The number of nitrogens with zero attached hydrogens (tertiary/aromatic N) is 2. The van der Waals surface area contributed by atoms with E-state index in [9.17, 15) is 4.39 Å². The summed E-state index contributed by atoms with van der Waals surface area (Å²) < 4.78 is 19.5. The molecule has 0 aliphatic rings. The fourth-order valence-electron chi connectivity index (χ4n) is 1.80. The summed E-state index contributed by atoms with van der Waals surface area (Å²) >= 11 is 3.12. The van der Waals surface area contributed by atoms with Gasteiger partial charge in [-0.25, -0.2) is 4.39 Å². The second-order valence-electron chi connectivity index (χ2n) is 5.91. The molecule has 1 N–H and O–H groups in total. The SMILES string of the molecule is CC(C)(C)NCCCc1nnc(-c2ccc(Br)c(F)c2)o1. The maximum Gasteiger partial charge on any atom is 0.247 e. The molecule has 4 nitrogen and oxygen atoms in total. The van der Waals surface area contributed by atoms with Crippen molar-refractivity contribution in [3.8, 4) is 11.5 Å². The maximum atomic E-state index is 13.5. The van der Waals surface area contributed by atoms with Gasteiger partial charge in [-0.1, -0.05) is 0 Å². The Labute approximate surface area is 132 Å². The van der Waals surface area contributed by atoms with Gasteiger partial charge in [0.25, 0.3) is 0 Å². The molecule has 0 fully saturated rings. The van der Waals surface area contributed by atoms with Crippen molar-refractivity contribution in [1.29, 1.82) is 0 Å². The van der Waals surface area contributed by atoms with Gasteiger partial charge < -0.3 is 9.73 Å². The standard InChI is InChI=1S/C15H19BrFN3O/c1-15(2,3)18-8-4-5-13-19-20-14(21-13)10-6-7-11(16)12(17)9-10/h6-7,9,18H,4-5,8H2,1-3H3. The Bertz CT molecular complexity index is 607. The van der Waals surface area contributed by atoms with Crippen LogP contribution in [0.3, 0.4) is 0 Å². The van der Waals surface area contributed by atoms with Gasteiger partial charge in [-0.3, -0.25) is 0 Å². The van der Waals surface area contributed by atoms with Gasteiger partial charge in [0.05, 0.1) is 4.47 Å². The van der Waals surface area contributed by atoms with E-state index in [1.54, 1.807) is 12.1 Å². The van der Waals surface area contributed by atoms with Crippen molar-refractivity contribution in [2.45, 2.75) is 39.2 Å². The number of nitrogens with one attached hydrogen (secondary N) is 1. The molecule has 0 saturated carbocycles. The first kappa shape index (κ1) is 16.1. The van der Waals surface area contributed by atoms with Gasteiger partial charge in [0.15, 0.2) is 0 Å². The molecule has 0 aliphatic carbocycles. The molecule has 1 aromatic heterocycles. The average molecular weight is 356 g/mol. The third-order valence-electron chi connectivity index (χ3n) is 2.86. The van der Waals surface area contributed by atoms with E-state index in [0.29, 0.717) is 28.2 Å². The van der Waals surface area contributed by atoms with E-state index in [2.05, 4.69) is 52.2 Å². The molecule has 0 radical (unpaired) electrons. The number of hydrogen-bond donors (Lipinski definition) is 1. The Hall–Kier alpha value is -1.27. The highest BCUT2D eigenvalue weighted by molar-refractivity contribution is 9.10. The van der Waals surface area contributed by atoms with Crippen LogP contribution >= 0.6 is 15.9 Å². The minimum atomic E-state index is -0.346. The molecule has 0 spiro atoms. The van der Waals surface area contributed by atoms with Crippen LogP contribution in [0, 0.1) is 5.82 Å². The summed E-state index contributed by atoms with van der Waals surface area (Å²) in [6.45, 7) is 7.26. The molecule has 0 saturated heterocycles. The summed E-state index contributed by atoms with van der Waals surface area (Å²) in [6.07, 6.45) is 1.61. The van der Waals surface area contributed by atoms with Crippen molar-refractivity contribution >= 4 is 15.9 Å². The highest BCUT2D eigenvalue weighted by Crippen LogP contribution is 2.23. The molecule has 0 bridgehead atoms. The van der Waals surface area contributed by atoms with Gasteiger partial charge in [0.1, 0.15) is 5.82 Å². The summed E-state index contributed by atoms with van der Waals surface area (Å²) in [4.78, 5) is 0. The van der Waals surface area contributed by atoms with Crippen LogP contribution in [0.25, 0.3) is 11.5 Å². The zero-order valence-electron chi connectivity index (χ0n) is 12.4. The summed E-state index contributed by atoms with van der Waals surface area (Å²) in [5.41, 5.74) is 0.692. The molecule has 2 rings (SSSR count). The molecule has 6 heteroatoms. The van der Waals surface area contributed by atoms with E-state index in [4.69, 9.17) is 4.42 Å². The van der Waals surface area contributed by atoms with Gasteiger partial charge in [-0.05, 0) is 67.9 Å². The summed E-state index contributed by atoms with van der Waals surface area (Å²) in [7, 11) is 0. The molecular weight excluding hydrogens is 337 g/mol. The molecule has 2 aromatic rings. The van der Waals surface area contributed by atoms with Crippen LogP contribution < -0.4 is 5.32 Å². The van der Waals surface area contributed by atoms with Crippen molar-refractivity contribution in [2.24, 2.45) is 0 Å². The van der Waals surface area contributed by atoms with E-state index in [0.717, 1.165) is 13.0 Å². The first-order valence-corrected chi connectivity index (χ1v) is 7.67. The molecule has 1 aromatic carbocycles. The summed E-state index contributed by atoms with van der Waals surface area (Å²) in [5, 5.41) is 11.4. The molecular formula is C15H19BrFN3O. The van der Waals surface area contributed by atoms with Crippen LogP contribution in [0.15, 0.2) is 27.1 Å². The summed E-state index contributed by atoms with van der Waals surface area (Å²) in [6, 6.07) is 4.75. The lowest BCUT2D eigenvalue weighted by atomic mass is 10.1. The molecule has 1 heterocycles. The lowest BCUT2D eigenvalue weighted by molar-refractivity contribution is 0.412. The number of aromatic nitrogens is 2. The van der Waals surface area contributed by atoms with E-state index in [1.807, 2.05) is 0 Å². The lowest BCUT2D eigenvalue weighted by Gasteiger charge is -2.19. The zero-order valence-corrected chi connectivity index (χ0v) is 14.0. The Kier molecular flexibility index (Phi) is 5.11. The Balaban J connectivity index is 1.93. The van der Waals surface area contributed by atoms with Crippen LogP contribution in [0.5, 0.6) is 0 Å². The number of hydrogen-bond acceptors (Lipinski definition) is 4. The Morgan fingerprint density at radius 1 is 1.29 bits per heavy atom. The minimum absolute atomic E-state index is 0.106.